The Kier molecular flexibility index (Phi) is 4.39. The van der Waals surface area contributed by atoms with Gasteiger partial charge in [0.15, 0.2) is 0 Å². The standard InChI is InChI=1S/C18H18ClN3OS/c1-12-21-13(11-24-12)10-23-14-6-8-22(9-14)17-5-7-20-18-15(17)3-2-4-16(18)19/h2-5,7,11,14H,6,8-10H2,1H3/t14-/m0/s1. The summed E-state index contributed by atoms with van der Waals surface area (Å²) in [4.78, 5) is 11.2. The van der Waals surface area contributed by atoms with Gasteiger partial charge in [-0.05, 0) is 25.5 Å². The van der Waals surface area contributed by atoms with Gasteiger partial charge in [0.25, 0.3) is 0 Å². The molecule has 0 amide bonds. The normalized spacial score (nSPS) is 17.8. The number of aromatic nitrogens is 2. The molecule has 0 bridgehead atoms. The maximum atomic E-state index is 6.27. The number of fused-ring (bicyclic) bond motifs is 1. The first-order valence-corrected chi connectivity index (χ1v) is 9.27. The minimum absolute atomic E-state index is 0.231. The molecule has 1 saturated heterocycles. The van der Waals surface area contributed by atoms with Crippen molar-refractivity contribution in [1.82, 2.24) is 9.97 Å². The van der Waals surface area contributed by atoms with Crippen molar-refractivity contribution in [3.63, 3.8) is 0 Å². The zero-order valence-corrected chi connectivity index (χ0v) is 15.0. The zero-order valence-electron chi connectivity index (χ0n) is 13.4. The molecule has 24 heavy (non-hydrogen) atoms. The molecule has 0 spiro atoms. The van der Waals surface area contributed by atoms with Crippen molar-refractivity contribution < 1.29 is 4.74 Å². The average Bonchev–Trinajstić information content (AvgIpc) is 3.22. The maximum Gasteiger partial charge on any atom is 0.0908 e. The van der Waals surface area contributed by atoms with Gasteiger partial charge in [-0.1, -0.05) is 23.7 Å². The lowest BCUT2D eigenvalue weighted by Gasteiger charge is -2.20. The van der Waals surface area contributed by atoms with E-state index in [2.05, 4.69) is 32.4 Å². The molecular weight excluding hydrogens is 342 g/mol. The predicted octanol–water partition coefficient (Wildman–Crippen LogP) is 4.45. The van der Waals surface area contributed by atoms with Crippen molar-refractivity contribution in [3.8, 4) is 0 Å². The molecule has 4 nitrogen and oxygen atoms in total. The fourth-order valence-corrected chi connectivity index (χ4v) is 3.98. The fraction of sp³-hybridized carbons (Fsp3) is 0.333. The molecule has 6 heteroatoms. The Morgan fingerprint density at radius 1 is 1.38 bits per heavy atom. The largest absolute Gasteiger partial charge is 0.370 e. The van der Waals surface area contributed by atoms with Crippen molar-refractivity contribution in [2.45, 2.75) is 26.1 Å². The van der Waals surface area contributed by atoms with Crippen LogP contribution in [-0.4, -0.2) is 29.2 Å². The van der Waals surface area contributed by atoms with E-state index >= 15 is 0 Å². The fourth-order valence-electron chi connectivity index (χ4n) is 3.16. The van der Waals surface area contributed by atoms with Gasteiger partial charge in [-0.25, -0.2) is 4.98 Å². The van der Waals surface area contributed by atoms with Crippen LogP contribution in [-0.2, 0) is 11.3 Å². The van der Waals surface area contributed by atoms with Gasteiger partial charge in [0.2, 0.25) is 0 Å². The van der Waals surface area contributed by atoms with E-state index in [9.17, 15) is 0 Å². The third-order valence-corrected chi connectivity index (χ3v) is 5.45. The van der Waals surface area contributed by atoms with Gasteiger partial charge in [-0.2, -0.15) is 0 Å². The van der Waals surface area contributed by atoms with Crippen molar-refractivity contribution >= 4 is 39.5 Å². The van der Waals surface area contributed by atoms with Crippen LogP contribution in [0.25, 0.3) is 10.9 Å². The summed E-state index contributed by atoms with van der Waals surface area (Å²) in [7, 11) is 0. The number of anilines is 1. The summed E-state index contributed by atoms with van der Waals surface area (Å²) in [5.41, 5.74) is 3.06. The number of para-hydroxylation sites is 1. The van der Waals surface area contributed by atoms with Crippen LogP contribution >= 0.6 is 22.9 Å². The smallest absolute Gasteiger partial charge is 0.0908 e. The van der Waals surface area contributed by atoms with E-state index in [1.807, 2.05) is 25.3 Å². The SMILES string of the molecule is Cc1nc(CO[C@H]2CCN(c3ccnc4c(Cl)cccc34)C2)cs1. The Hall–Kier alpha value is -1.69. The van der Waals surface area contributed by atoms with Crippen LogP contribution in [0.5, 0.6) is 0 Å². The molecular formula is C18H18ClN3OS. The van der Waals surface area contributed by atoms with Crippen LogP contribution in [0.3, 0.4) is 0 Å². The minimum atomic E-state index is 0.231. The van der Waals surface area contributed by atoms with Gasteiger partial charge in [0.1, 0.15) is 0 Å². The first-order chi connectivity index (χ1) is 11.7. The van der Waals surface area contributed by atoms with Crippen LogP contribution in [0.4, 0.5) is 5.69 Å². The molecule has 1 aromatic carbocycles. The van der Waals surface area contributed by atoms with E-state index in [0.717, 1.165) is 41.1 Å². The van der Waals surface area contributed by atoms with E-state index in [0.29, 0.717) is 11.6 Å². The van der Waals surface area contributed by atoms with Crippen LogP contribution in [0, 0.1) is 6.92 Å². The number of ether oxygens (including phenoxy) is 1. The molecule has 1 atom stereocenters. The summed E-state index contributed by atoms with van der Waals surface area (Å²) in [6.07, 6.45) is 3.08. The molecule has 4 rings (SSSR count). The number of halogens is 1. The highest BCUT2D eigenvalue weighted by atomic mass is 35.5. The Morgan fingerprint density at radius 2 is 2.29 bits per heavy atom. The minimum Gasteiger partial charge on any atom is -0.370 e. The second-order valence-electron chi connectivity index (χ2n) is 5.99. The van der Waals surface area contributed by atoms with Crippen molar-refractivity contribution in [2.24, 2.45) is 0 Å². The van der Waals surface area contributed by atoms with Crippen molar-refractivity contribution in [2.75, 3.05) is 18.0 Å². The molecule has 0 saturated carbocycles. The number of rotatable bonds is 4. The van der Waals surface area contributed by atoms with Gasteiger partial charge < -0.3 is 9.64 Å². The highest BCUT2D eigenvalue weighted by Crippen LogP contribution is 2.32. The summed E-state index contributed by atoms with van der Waals surface area (Å²) in [5.74, 6) is 0. The quantitative estimate of drug-likeness (QED) is 0.689. The van der Waals surface area contributed by atoms with E-state index in [4.69, 9.17) is 16.3 Å². The molecule has 0 N–H and O–H groups in total. The molecule has 0 radical (unpaired) electrons. The highest BCUT2D eigenvalue weighted by molar-refractivity contribution is 7.09. The second kappa shape index (κ2) is 6.67. The van der Waals surface area contributed by atoms with Gasteiger partial charge in [-0.15, -0.1) is 11.3 Å². The van der Waals surface area contributed by atoms with Crippen LogP contribution in [0.2, 0.25) is 5.02 Å². The lowest BCUT2D eigenvalue weighted by molar-refractivity contribution is 0.0536. The van der Waals surface area contributed by atoms with Gasteiger partial charge in [-0.3, -0.25) is 4.98 Å². The third kappa shape index (κ3) is 3.11. The number of thiazole rings is 1. The van der Waals surface area contributed by atoms with Crippen LogP contribution in [0.15, 0.2) is 35.8 Å². The number of hydrogen-bond donors (Lipinski definition) is 0. The van der Waals surface area contributed by atoms with Crippen LogP contribution < -0.4 is 4.90 Å². The zero-order chi connectivity index (χ0) is 16.5. The summed E-state index contributed by atoms with van der Waals surface area (Å²) in [6.45, 7) is 4.47. The molecule has 1 aliphatic heterocycles. The van der Waals surface area contributed by atoms with E-state index in [1.54, 1.807) is 11.3 Å². The lowest BCUT2D eigenvalue weighted by atomic mass is 10.1. The molecule has 3 aromatic rings. The molecule has 3 heterocycles. The van der Waals surface area contributed by atoms with Crippen LogP contribution in [0.1, 0.15) is 17.1 Å². The van der Waals surface area contributed by atoms with Gasteiger partial charge >= 0.3 is 0 Å². The van der Waals surface area contributed by atoms with E-state index in [-0.39, 0.29) is 6.10 Å². The molecule has 1 fully saturated rings. The molecule has 1 aliphatic rings. The summed E-state index contributed by atoms with van der Waals surface area (Å²) in [5, 5.41) is 4.95. The summed E-state index contributed by atoms with van der Waals surface area (Å²) in [6, 6.07) is 8.00. The Morgan fingerprint density at radius 3 is 3.12 bits per heavy atom. The Labute approximate surface area is 150 Å². The monoisotopic (exact) mass is 359 g/mol. The first kappa shape index (κ1) is 15.8. The summed E-state index contributed by atoms with van der Waals surface area (Å²) < 4.78 is 6.05. The summed E-state index contributed by atoms with van der Waals surface area (Å²) >= 11 is 7.94. The lowest BCUT2D eigenvalue weighted by Crippen LogP contribution is -2.23. The Bertz CT molecular complexity index is 866. The number of aryl methyl sites for hydroxylation is 1. The molecule has 2 aromatic heterocycles. The number of benzene rings is 1. The van der Waals surface area contributed by atoms with E-state index < -0.39 is 0 Å². The average molecular weight is 360 g/mol. The number of hydrogen-bond acceptors (Lipinski definition) is 5. The third-order valence-electron chi connectivity index (χ3n) is 4.32. The van der Waals surface area contributed by atoms with Gasteiger partial charge in [0, 0.05) is 35.7 Å². The first-order valence-electron chi connectivity index (χ1n) is 8.01. The van der Waals surface area contributed by atoms with Gasteiger partial charge in [0.05, 0.1) is 34.0 Å². The number of nitrogens with zero attached hydrogens (tertiary/aromatic N) is 3. The second-order valence-corrected chi connectivity index (χ2v) is 7.46. The molecule has 124 valence electrons. The van der Waals surface area contributed by atoms with Crippen molar-refractivity contribution in [3.05, 3.63) is 51.6 Å². The predicted molar refractivity (Wildman–Crippen MR) is 99.0 cm³/mol. The number of pyridine rings is 1. The Balaban J connectivity index is 1.48. The van der Waals surface area contributed by atoms with E-state index in [1.165, 1.54) is 5.69 Å². The maximum absolute atomic E-state index is 6.27. The van der Waals surface area contributed by atoms with Crippen molar-refractivity contribution in [1.29, 1.82) is 0 Å². The molecule has 0 aliphatic carbocycles. The topological polar surface area (TPSA) is 38.2 Å². The highest BCUT2D eigenvalue weighted by Gasteiger charge is 2.25. The molecule has 0 unspecified atom stereocenters.